The van der Waals surface area contributed by atoms with Crippen molar-refractivity contribution < 1.29 is 0 Å². The largest absolute Gasteiger partial charge is 0.382 e. The first-order chi connectivity index (χ1) is 14.1. The maximum atomic E-state index is 6.45. The van der Waals surface area contributed by atoms with Gasteiger partial charge in [-0.15, -0.1) is 5.10 Å². The van der Waals surface area contributed by atoms with E-state index in [1.54, 1.807) is 10.7 Å². The molecule has 0 atom stereocenters. The summed E-state index contributed by atoms with van der Waals surface area (Å²) in [6.45, 7) is 0. The van der Waals surface area contributed by atoms with Crippen LogP contribution in [0, 0.1) is 0 Å². The third kappa shape index (κ3) is 3.18. The molecule has 0 unspecified atom stereocenters. The monoisotopic (exact) mass is 406 g/mol. The smallest absolute Gasteiger partial charge is 0.177 e. The van der Waals surface area contributed by atoms with Crippen LogP contribution < -0.4 is 16.8 Å². The molecule has 2 aromatic carbocycles. The minimum atomic E-state index is 0.271. The van der Waals surface area contributed by atoms with Crippen LogP contribution in [0.25, 0.3) is 16.4 Å². The van der Waals surface area contributed by atoms with E-state index in [-0.39, 0.29) is 6.04 Å². The van der Waals surface area contributed by atoms with E-state index < -0.39 is 0 Å². The number of imidazole rings is 1. The van der Waals surface area contributed by atoms with E-state index in [0.717, 1.165) is 64.1 Å². The van der Waals surface area contributed by atoms with Gasteiger partial charge in [0.15, 0.2) is 5.65 Å². The van der Waals surface area contributed by atoms with Crippen molar-refractivity contribution in [3.8, 4) is 0 Å². The molecule has 1 fully saturated rings. The fraction of sp³-hybridized carbons (Fsp3) is 0.273. The highest BCUT2D eigenvalue weighted by atomic mass is 35.5. The molecular weight excluding hydrogens is 384 g/mol. The molecule has 0 spiro atoms. The molecule has 4 aromatic rings. The molecule has 29 heavy (non-hydrogen) atoms. The summed E-state index contributed by atoms with van der Waals surface area (Å²) in [5, 5.41) is 11.0. The normalized spacial score (nSPS) is 19.7. The Morgan fingerprint density at radius 3 is 2.59 bits per heavy atom. The summed E-state index contributed by atoms with van der Waals surface area (Å²) in [5.41, 5.74) is 16.3. The van der Waals surface area contributed by atoms with Gasteiger partial charge in [-0.05, 0) is 43.7 Å². The molecule has 1 aliphatic rings. The Morgan fingerprint density at radius 2 is 1.79 bits per heavy atom. The van der Waals surface area contributed by atoms with Crippen molar-refractivity contribution in [1.29, 1.82) is 0 Å². The lowest BCUT2D eigenvalue weighted by Gasteiger charge is -2.29. The molecule has 2 aromatic heterocycles. The molecule has 5 rings (SSSR count). The minimum Gasteiger partial charge on any atom is -0.382 e. The number of fused-ring (bicyclic) bond motifs is 2. The fourth-order valence-electron chi connectivity index (χ4n) is 4.43. The lowest BCUT2D eigenvalue weighted by Crippen LogP contribution is -2.26. The predicted octanol–water partition coefficient (Wildman–Crippen LogP) is 4.85. The van der Waals surface area contributed by atoms with Gasteiger partial charge in [-0.1, -0.05) is 35.9 Å². The molecule has 1 saturated carbocycles. The van der Waals surface area contributed by atoms with Crippen molar-refractivity contribution in [2.45, 2.75) is 37.6 Å². The zero-order valence-corrected chi connectivity index (χ0v) is 16.7. The molecule has 6 nitrogen and oxygen atoms in total. The maximum absolute atomic E-state index is 6.45. The van der Waals surface area contributed by atoms with Gasteiger partial charge in [-0.25, -0.2) is 9.50 Å². The second-order valence-electron chi connectivity index (χ2n) is 7.75. The van der Waals surface area contributed by atoms with Crippen LogP contribution in [0.4, 0.5) is 17.2 Å². The van der Waals surface area contributed by atoms with E-state index in [2.05, 4.69) is 21.5 Å². The van der Waals surface area contributed by atoms with Crippen molar-refractivity contribution in [1.82, 2.24) is 14.6 Å². The van der Waals surface area contributed by atoms with Crippen LogP contribution in [0.5, 0.6) is 0 Å². The van der Waals surface area contributed by atoms with E-state index in [0.29, 0.717) is 11.7 Å². The van der Waals surface area contributed by atoms with Gasteiger partial charge in [0.05, 0.1) is 5.69 Å². The first-order valence-electron chi connectivity index (χ1n) is 9.94. The summed E-state index contributed by atoms with van der Waals surface area (Å²) < 4.78 is 1.73. The first-order valence-corrected chi connectivity index (χ1v) is 10.3. The van der Waals surface area contributed by atoms with E-state index in [4.69, 9.17) is 23.1 Å². The van der Waals surface area contributed by atoms with Gasteiger partial charge in [0, 0.05) is 45.5 Å². The Labute approximate surface area is 173 Å². The van der Waals surface area contributed by atoms with E-state index >= 15 is 0 Å². The zero-order chi connectivity index (χ0) is 20.0. The molecule has 0 aliphatic heterocycles. The molecule has 5 N–H and O–H groups in total. The number of nitrogen functional groups attached to an aromatic ring is 1. The van der Waals surface area contributed by atoms with Crippen molar-refractivity contribution >= 4 is 45.2 Å². The number of rotatable bonds is 3. The zero-order valence-electron chi connectivity index (χ0n) is 16.0. The maximum Gasteiger partial charge on any atom is 0.177 e. The molecule has 0 amide bonds. The fourth-order valence-corrected chi connectivity index (χ4v) is 4.65. The number of nitrogens with zero attached hydrogens (tertiary/aromatic N) is 3. The summed E-state index contributed by atoms with van der Waals surface area (Å²) >= 11 is 6.42. The molecule has 7 heteroatoms. The van der Waals surface area contributed by atoms with Gasteiger partial charge in [0.2, 0.25) is 0 Å². The number of benzene rings is 2. The number of nitrogens with two attached hydrogens (primary N) is 2. The first kappa shape index (κ1) is 18.2. The lowest BCUT2D eigenvalue weighted by atomic mass is 9.81. The minimum absolute atomic E-state index is 0.271. The second-order valence-corrected chi connectivity index (χ2v) is 8.15. The van der Waals surface area contributed by atoms with Gasteiger partial charge in [-0.3, -0.25) is 0 Å². The van der Waals surface area contributed by atoms with Crippen LogP contribution in [-0.4, -0.2) is 20.6 Å². The van der Waals surface area contributed by atoms with Crippen LogP contribution in [0.2, 0.25) is 5.02 Å². The molecule has 148 valence electrons. The lowest BCUT2D eigenvalue weighted by molar-refractivity contribution is 0.396. The molecule has 0 bridgehead atoms. The number of halogens is 1. The highest BCUT2D eigenvalue weighted by Crippen LogP contribution is 2.42. The number of hydrogen-bond donors (Lipinski definition) is 3. The summed E-state index contributed by atoms with van der Waals surface area (Å²) in [4.78, 5) is 4.56. The third-order valence-corrected chi connectivity index (χ3v) is 6.25. The molecule has 0 saturated heterocycles. The Kier molecular flexibility index (Phi) is 4.53. The van der Waals surface area contributed by atoms with E-state index in [1.165, 1.54) is 0 Å². The number of anilines is 3. The van der Waals surface area contributed by atoms with E-state index in [1.807, 2.05) is 36.5 Å². The number of aromatic nitrogens is 3. The predicted molar refractivity (Wildman–Crippen MR) is 119 cm³/mol. The average Bonchev–Trinajstić information content (AvgIpc) is 3.19. The summed E-state index contributed by atoms with van der Waals surface area (Å²) in [5.74, 6) is 0.849. The van der Waals surface area contributed by atoms with Gasteiger partial charge < -0.3 is 16.8 Å². The Hall–Kier alpha value is -2.83. The SMILES string of the molecule is Nc1nn2ccnc2c(Nc2ccc(Cl)c3ccccc23)c1C1CCC(N)CC1. The number of nitrogens with one attached hydrogen (secondary N) is 1. The van der Waals surface area contributed by atoms with Crippen LogP contribution >= 0.6 is 11.6 Å². The van der Waals surface area contributed by atoms with E-state index in [9.17, 15) is 0 Å². The van der Waals surface area contributed by atoms with Gasteiger partial charge >= 0.3 is 0 Å². The Bertz CT molecular complexity index is 1190. The highest BCUT2D eigenvalue weighted by Gasteiger charge is 2.27. The quantitative estimate of drug-likeness (QED) is 0.452. The van der Waals surface area contributed by atoms with Gasteiger partial charge in [0.1, 0.15) is 5.82 Å². The molecule has 0 radical (unpaired) electrons. The Balaban J connectivity index is 1.67. The van der Waals surface area contributed by atoms with Crippen LogP contribution in [-0.2, 0) is 0 Å². The van der Waals surface area contributed by atoms with Gasteiger partial charge in [0.25, 0.3) is 0 Å². The van der Waals surface area contributed by atoms with Crippen molar-refractivity contribution in [3.63, 3.8) is 0 Å². The molecular formula is C22H23ClN6. The van der Waals surface area contributed by atoms with Crippen LogP contribution in [0.1, 0.15) is 37.2 Å². The highest BCUT2D eigenvalue weighted by molar-refractivity contribution is 6.36. The topological polar surface area (TPSA) is 94.3 Å². The van der Waals surface area contributed by atoms with Gasteiger partial charge in [-0.2, -0.15) is 0 Å². The average molecular weight is 407 g/mol. The van der Waals surface area contributed by atoms with Crippen LogP contribution in [0.3, 0.4) is 0 Å². The van der Waals surface area contributed by atoms with Crippen molar-refractivity contribution in [3.05, 3.63) is 59.4 Å². The molecule has 2 heterocycles. The summed E-state index contributed by atoms with van der Waals surface area (Å²) in [6, 6.07) is 12.3. The van der Waals surface area contributed by atoms with Crippen LogP contribution in [0.15, 0.2) is 48.8 Å². The summed E-state index contributed by atoms with van der Waals surface area (Å²) in [7, 11) is 0. The standard InChI is InChI=1S/C22H23ClN6/c23-17-9-10-18(16-4-2-1-3-15(16)17)27-20-19(13-5-7-14(24)8-6-13)21(25)28-29-12-11-26-22(20)29/h1-4,9-14,27H,5-8,24H2,(H2,25,28). The second kappa shape index (κ2) is 7.21. The Morgan fingerprint density at radius 1 is 1.03 bits per heavy atom. The summed E-state index contributed by atoms with van der Waals surface area (Å²) in [6.07, 6.45) is 7.55. The van der Waals surface area contributed by atoms with Crippen molar-refractivity contribution in [2.24, 2.45) is 5.73 Å². The molecule has 1 aliphatic carbocycles. The number of hydrogen-bond acceptors (Lipinski definition) is 5. The van der Waals surface area contributed by atoms with Crippen molar-refractivity contribution in [2.75, 3.05) is 11.1 Å². The third-order valence-electron chi connectivity index (χ3n) is 5.92.